The van der Waals surface area contributed by atoms with Gasteiger partial charge >= 0.3 is 11.9 Å². The molecule has 1 N–H and O–H groups in total. The lowest BCUT2D eigenvalue weighted by molar-refractivity contribution is -0.119. The Labute approximate surface area is 206 Å². The maximum absolute atomic E-state index is 12.9. The minimum absolute atomic E-state index is 0.0623. The van der Waals surface area contributed by atoms with Crippen LogP contribution in [0, 0.1) is 0 Å². The smallest absolute Gasteiger partial charge is 0.359 e. The molecular weight excluding hydrogens is 462 g/mol. The molecule has 1 aromatic heterocycles. The number of aromatic nitrogens is 2. The van der Waals surface area contributed by atoms with Crippen LogP contribution < -0.4 is 10.9 Å². The summed E-state index contributed by atoms with van der Waals surface area (Å²) < 4.78 is 11.3. The maximum Gasteiger partial charge on any atom is 0.359 e. The average molecular weight is 485 g/mol. The summed E-state index contributed by atoms with van der Waals surface area (Å²) in [5.74, 6) is -1.87. The molecule has 0 atom stereocenters. The molecule has 4 aromatic rings. The highest BCUT2D eigenvalue weighted by molar-refractivity contribution is 6.03. The van der Waals surface area contributed by atoms with Crippen molar-refractivity contribution in [1.29, 1.82) is 0 Å². The fourth-order valence-corrected chi connectivity index (χ4v) is 3.55. The Morgan fingerprint density at radius 3 is 2.19 bits per heavy atom. The molecule has 0 radical (unpaired) electrons. The summed E-state index contributed by atoms with van der Waals surface area (Å²) in [4.78, 5) is 49.9. The molecule has 182 valence electrons. The summed E-state index contributed by atoms with van der Waals surface area (Å²) in [6.07, 6.45) is 0. The lowest BCUT2D eigenvalue weighted by atomic mass is 10.1. The van der Waals surface area contributed by atoms with Crippen molar-refractivity contribution < 1.29 is 23.9 Å². The third-order valence-corrected chi connectivity index (χ3v) is 5.25. The van der Waals surface area contributed by atoms with Crippen LogP contribution in [0.4, 0.5) is 5.69 Å². The van der Waals surface area contributed by atoms with E-state index in [2.05, 4.69) is 10.4 Å². The molecule has 9 heteroatoms. The number of amides is 1. The monoisotopic (exact) mass is 485 g/mol. The van der Waals surface area contributed by atoms with E-state index in [4.69, 9.17) is 9.47 Å². The number of carbonyl (C=O) groups excluding carboxylic acids is 3. The number of fused-ring (bicyclic) bond motifs is 1. The molecule has 9 nitrogen and oxygen atoms in total. The zero-order chi connectivity index (χ0) is 25.5. The topological polar surface area (TPSA) is 117 Å². The molecule has 0 saturated carbocycles. The van der Waals surface area contributed by atoms with E-state index in [1.165, 1.54) is 16.8 Å². The highest BCUT2D eigenvalue weighted by Gasteiger charge is 2.19. The van der Waals surface area contributed by atoms with Crippen LogP contribution in [0.3, 0.4) is 0 Å². The Kier molecular flexibility index (Phi) is 7.50. The van der Waals surface area contributed by atoms with Crippen molar-refractivity contribution in [2.24, 2.45) is 0 Å². The van der Waals surface area contributed by atoms with Crippen molar-refractivity contribution in [2.45, 2.75) is 13.5 Å². The van der Waals surface area contributed by atoms with Crippen molar-refractivity contribution in [3.05, 3.63) is 106 Å². The van der Waals surface area contributed by atoms with Gasteiger partial charge in [0.2, 0.25) is 0 Å². The maximum atomic E-state index is 12.9. The van der Waals surface area contributed by atoms with Gasteiger partial charge in [-0.15, -0.1) is 0 Å². The van der Waals surface area contributed by atoms with Crippen LogP contribution >= 0.6 is 0 Å². The molecule has 36 heavy (non-hydrogen) atoms. The third-order valence-electron chi connectivity index (χ3n) is 5.25. The first-order valence-corrected chi connectivity index (χ1v) is 11.2. The van der Waals surface area contributed by atoms with Gasteiger partial charge in [0, 0.05) is 11.1 Å². The number of carbonyl (C=O) groups is 3. The van der Waals surface area contributed by atoms with E-state index < -0.39 is 24.5 Å². The molecule has 0 saturated heterocycles. The van der Waals surface area contributed by atoms with Crippen LogP contribution in [-0.2, 0) is 20.8 Å². The molecule has 0 unspecified atom stereocenters. The molecule has 0 spiro atoms. The van der Waals surface area contributed by atoms with Gasteiger partial charge in [-0.25, -0.2) is 14.3 Å². The number of rotatable bonds is 8. The second-order valence-electron chi connectivity index (χ2n) is 7.76. The second kappa shape index (κ2) is 11.1. The molecule has 0 fully saturated rings. The number of nitrogens with zero attached hydrogens (tertiary/aromatic N) is 2. The summed E-state index contributed by atoms with van der Waals surface area (Å²) in [7, 11) is 0. The molecule has 1 amide bonds. The fraction of sp³-hybridized carbons (Fsp3) is 0.148. The minimum Gasteiger partial charge on any atom is -0.462 e. The molecule has 0 bridgehead atoms. The molecule has 1 heterocycles. The zero-order valence-corrected chi connectivity index (χ0v) is 19.5. The van der Waals surface area contributed by atoms with Gasteiger partial charge in [0.1, 0.15) is 0 Å². The van der Waals surface area contributed by atoms with Gasteiger partial charge in [0.05, 0.1) is 24.1 Å². The largest absolute Gasteiger partial charge is 0.462 e. The quantitative estimate of drug-likeness (QED) is 0.380. The van der Waals surface area contributed by atoms with E-state index in [1.807, 2.05) is 30.3 Å². The lowest BCUT2D eigenvalue weighted by Gasteiger charge is -2.11. The van der Waals surface area contributed by atoms with Crippen molar-refractivity contribution >= 4 is 34.3 Å². The van der Waals surface area contributed by atoms with E-state index >= 15 is 0 Å². The molecule has 3 aromatic carbocycles. The third kappa shape index (κ3) is 5.64. The van der Waals surface area contributed by atoms with E-state index in [-0.39, 0.29) is 24.4 Å². The molecule has 0 aliphatic carbocycles. The van der Waals surface area contributed by atoms with Crippen molar-refractivity contribution in [3.8, 4) is 0 Å². The van der Waals surface area contributed by atoms with Crippen LogP contribution in [0.1, 0.15) is 33.3 Å². The number of hydrogen-bond acceptors (Lipinski definition) is 7. The first kappa shape index (κ1) is 24.3. The molecule has 4 rings (SSSR count). The van der Waals surface area contributed by atoms with Crippen molar-refractivity contribution in [1.82, 2.24) is 9.78 Å². The predicted octanol–water partition coefficient (Wildman–Crippen LogP) is 3.42. The van der Waals surface area contributed by atoms with Crippen LogP contribution in [-0.4, -0.2) is 40.8 Å². The highest BCUT2D eigenvalue weighted by Crippen LogP contribution is 2.15. The Hall–Kier alpha value is -4.79. The van der Waals surface area contributed by atoms with Gasteiger partial charge < -0.3 is 14.8 Å². The van der Waals surface area contributed by atoms with E-state index in [1.54, 1.807) is 43.3 Å². The Morgan fingerprint density at radius 1 is 0.833 bits per heavy atom. The Bertz CT molecular complexity index is 1460. The van der Waals surface area contributed by atoms with Crippen LogP contribution in [0.5, 0.6) is 0 Å². The van der Waals surface area contributed by atoms with Crippen LogP contribution in [0.15, 0.2) is 83.7 Å². The van der Waals surface area contributed by atoms with E-state index in [0.717, 1.165) is 5.56 Å². The first-order chi connectivity index (χ1) is 17.5. The van der Waals surface area contributed by atoms with Crippen molar-refractivity contribution in [3.63, 3.8) is 0 Å². The Morgan fingerprint density at radius 2 is 1.50 bits per heavy atom. The molecule has 0 aliphatic rings. The van der Waals surface area contributed by atoms with Gasteiger partial charge in [-0.3, -0.25) is 9.59 Å². The first-order valence-electron chi connectivity index (χ1n) is 11.2. The summed E-state index contributed by atoms with van der Waals surface area (Å²) >= 11 is 0. The summed E-state index contributed by atoms with van der Waals surface area (Å²) in [5.41, 5.74) is 1.21. The number of esters is 2. The molecular formula is C27H23N3O6. The number of ether oxygens (including phenoxy) is 2. The van der Waals surface area contributed by atoms with Gasteiger partial charge in [0.15, 0.2) is 12.3 Å². The number of anilines is 1. The highest BCUT2D eigenvalue weighted by atomic mass is 16.5. The van der Waals surface area contributed by atoms with E-state index in [9.17, 15) is 19.2 Å². The van der Waals surface area contributed by atoms with Crippen LogP contribution in [0.25, 0.3) is 10.8 Å². The zero-order valence-electron chi connectivity index (χ0n) is 19.5. The Balaban J connectivity index is 1.48. The van der Waals surface area contributed by atoms with Gasteiger partial charge in [-0.05, 0) is 42.8 Å². The summed E-state index contributed by atoms with van der Waals surface area (Å²) in [5, 5.41) is 7.51. The van der Waals surface area contributed by atoms with Crippen molar-refractivity contribution in [2.75, 3.05) is 18.5 Å². The standard InChI is InChI=1S/C27H23N3O6/c1-2-35-26(33)19-12-14-20(15-13-19)28-23(31)17-36-27(34)24-21-10-6-7-11-22(21)25(32)30(29-24)16-18-8-4-3-5-9-18/h3-15H,2,16-17H2,1H3,(H,28,31). The van der Waals surface area contributed by atoms with Gasteiger partial charge in [-0.2, -0.15) is 5.10 Å². The minimum atomic E-state index is -0.833. The summed E-state index contributed by atoms with van der Waals surface area (Å²) in [6, 6.07) is 22.0. The predicted molar refractivity (Wildman–Crippen MR) is 133 cm³/mol. The SMILES string of the molecule is CCOC(=O)c1ccc(NC(=O)COC(=O)c2nn(Cc3ccccc3)c(=O)c3ccccc23)cc1. The fourth-order valence-electron chi connectivity index (χ4n) is 3.55. The van der Waals surface area contributed by atoms with Crippen LogP contribution in [0.2, 0.25) is 0 Å². The number of nitrogens with one attached hydrogen (secondary N) is 1. The normalized spacial score (nSPS) is 10.6. The van der Waals surface area contributed by atoms with E-state index in [0.29, 0.717) is 22.0 Å². The van der Waals surface area contributed by atoms with Gasteiger partial charge in [0.25, 0.3) is 11.5 Å². The summed E-state index contributed by atoms with van der Waals surface area (Å²) in [6.45, 7) is 1.58. The van der Waals surface area contributed by atoms with Gasteiger partial charge in [-0.1, -0.05) is 48.5 Å². The average Bonchev–Trinajstić information content (AvgIpc) is 2.90. The second-order valence-corrected chi connectivity index (χ2v) is 7.76. The molecule has 0 aliphatic heterocycles. The number of benzene rings is 3. The number of hydrogen-bond donors (Lipinski definition) is 1. The lowest BCUT2D eigenvalue weighted by Crippen LogP contribution is -2.28.